The van der Waals surface area contributed by atoms with Crippen LogP contribution in [0.4, 0.5) is 5.95 Å². The SMILES string of the molecule is [2H]c1c([2H])c([2H])c(-c2nc(N)n3c(=O)n(C[C@H]4CCCO4)nc3c2-c2cc(CO)nc(OC)c2)c([2H])c1[2H]. The topological polar surface area (TPSA) is 130 Å². The number of pyridine rings is 1. The average molecular weight is 454 g/mol. The van der Waals surface area contributed by atoms with E-state index >= 15 is 0 Å². The molecular formula is C23H24N6O4. The van der Waals surface area contributed by atoms with E-state index in [-0.39, 0.29) is 52.6 Å². The van der Waals surface area contributed by atoms with Gasteiger partial charge in [0.25, 0.3) is 0 Å². The zero-order chi connectivity index (χ0) is 27.3. The number of nitrogen functional groups attached to an aromatic ring is 1. The quantitative estimate of drug-likeness (QED) is 0.453. The molecule has 1 aliphatic rings. The van der Waals surface area contributed by atoms with Gasteiger partial charge in [-0.1, -0.05) is 30.2 Å². The standard InChI is InChI=1S/C23H24N6O4/c1-32-18-11-15(10-16(13-30)25-18)19-20(14-6-3-2-4-7-14)26-22(24)29-21(19)27-28(23(29)31)12-17-8-5-9-33-17/h2-4,6-7,10-11,17,30H,5,8-9,12-13H2,1H3,(H2,24,26)/t17-/m1/s1/i2D,3D,4D,6D,7D. The summed E-state index contributed by atoms with van der Waals surface area (Å²) in [6.07, 6.45) is 1.41. The van der Waals surface area contributed by atoms with Crippen molar-refractivity contribution in [1.82, 2.24) is 24.1 Å². The van der Waals surface area contributed by atoms with Crippen LogP contribution in [-0.4, -0.2) is 49.1 Å². The van der Waals surface area contributed by atoms with Gasteiger partial charge in [0.1, 0.15) is 0 Å². The summed E-state index contributed by atoms with van der Waals surface area (Å²) in [5.41, 5.74) is 6.09. The second kappa shape index (κ2) is 8.64. The largest absolute Gasteiger partial charge is 0.481 e. The van der Waals surface area contributed by atoms with Crippen LogP contribution < -0.4 is 16.2 Å². The first-order chi connectivity index (χ1) is 18.2. The molecule has 0 unspecified atom stereocenters. The summed E-state index contributed by atoms with van der Waals surface area (Å²) >= 11 is 0. The van der Waals surface area contributed by atoms with E-state index < -0.39 is 42.5 Å². The lowest BCUT2D eigenvalue weighted by atomic mass is 10.00. The first-order valence-corrected chi connectivity index (χ1v) is 10.3. The molecular weight excluding hydrogens is 424 g/mol. The first kappa shape index (κ1) is 15.9. The molecule has 0 saturated carbocycles. The normalized spacial score (nSPS) is 18.0. The van der Waals surface area contributed by atoms with Crippen molar-refractivity contribution in [3.8, 4) is 28.3 Å². The number of benzene rings is 1. The molecule has 4 heterocycles. The third kappa shape index (κ3) is 3.83. The highest BCUT2D eigenvalue weighted by atomic mass is 16.5. The Morgan fingerprint density at radius 3 is 2.79 bits per heavy atom. The monoisotopic (exact) mass is 453 g/mol. The number of aromatic nitrogens is 5. The van der Waals surface area contributed by atoms with Gasteiger partial charge in [-0.3, -0.25) is 0 Å². The molecule has 4 aromatic rings. The molecule has 33 heavy (non-hydrogen) atoms. The van der Waals surface area contributed by atoms with Crippen molar-refractivity contribution >= 4 is 11.6 Å². The zero-order valence-corrected chi connectivity index (χ0v) is 17.8. The van der Waals surface area contributed by atoms with Crippen LogP contribution in [-0.2, 0) is 17.9 Å². The third-order valence-corrected chi connectivity index (χ3v) is 5.41. The Morgan fingerprint density at radius 2 is 2.09 bits per heavy atom. The van der Waals surface area contributed by atoms with Crippen LogP contribution in [0.1, 0.15) is 25.4 Å². The van der Waals surface area contributed by atoms with Crippen LogP contribution in [0.2, 0.25) is 0 Å². The van der Waals surface area contributed by atoms with Gasteiger partial charge in [0.05, 0.1) is 50.2 Å². The molecule has 170 valence electrons. The Hall–Kier alpha value is -3.76. The van der Waals surface area contributed by atoms with E-state index in [0.717, 1.165) is 17.2 Å². The van der Waals surface area contributed by atoms with E-state index in [0.29, 0.717) is 12.2 Å². The van der Waals surface area contributed by atoms with Crippen LogP contribution in [0, 0.1) is 0 Å². The molecule has 1 atom stereocenters. The van der Waals surface area contributed by atoms with Crippen molar-refractivity contribution in [3.63, 3.8) is 0 Å². The molecule has 0 radical (unpaired) electrons. The zero-order valence-electron chi connectivity index (χ0n) is 22.8. The molecule has 1 fully saturated rings. The fourth-order valence-electron chi connectivity index (χ4n) is 3.91. The Morgan fingerprint density at radius 1 is 1.27 bits per heavy atom. The van der Waals surface area contributed by atoms with Crippen LogP contribution >= 0.6 is 0 Å². The number of hydrogen-bond donors (Lipinski definition) is 2. The first-order valence-electron chi connectivity index (χ1n) is 12.8. The summed E-state index contributed by atoms with van der Waals surface area (Å²) in [6, 6.07) is 0.335. The lowest BCUT2D eigenvalue weighted by molar-refractivity contribution is 0.0931. The minimum atomic E-state index is -0.572. The van der Waals surface area contributed by atoms with Gasteiger partial charge in [0, 0.05) is 18.2 Å². The second-order valence-electron chi connectivity index (χ2n) is 7.50. The molecule has 3 N–H and O–H groups in total. The lowest BCUT2D eigenvalue weighted by Crippen LogP contribution is -2.28. The number of rotatable bonds is 6. The van der Waals surface area contributed by atoms with Gasteiger partial charge in [-0.25, -0.2) is 23.8 Å². The number of nitrogens with two attached hydrogens (primary N) is 1. The molecule has 0 amide bonds. The Balaban J connectivity index is 1.90. The summed E-state index contributed by atoms with van der Waals surface area (Å²) < 4.78 is 54.6. The Kier molecular flexibility index (Phi) is 4.18. The number of aliphatic hydroxyl groups excluding tert-OH is 1. The number of anilines is 1. The molecule has 1 saturated heterocycles. The fourth-order valence-corrected chi connectivity index (χ4v) is 3.91. The Bertz CT molecular complexity index is 1580. The van der Waals surface area contributed by atoms with E-state index in [4.69, 9.17) is 22.1 Å². The van der Waals surface area contributed by atoms with Crippen molar-refractivity contribution in [2.24, 2.45) is 0 Å². The van der Waals surface area contributed by atoms with Gasteiger partial charge < -0.3 is 20.3 Å². The number of hydrogen-bond acceptors (Lipinski definition) is 8. The lowest BCUT2D eigenvalue weighted by Gasteiger charge is -2.13. The van der Waals surface area contributed by atoms with Crippen LogP contribution in [0.15, 0.2) is 47.1 Å². The van der Waals surface area contributed by atoms with E-state index in [1.807, 2.05) is 0 Å². The molecule has 0 bridgehead atoms. The maximum Gasteiger partial charge on any atom is 0.353 e. The van der Waals surface area contributed by atoms with Crippen LogP contribution in [0.25, 0.3) is 28.0 Å². The molecule has 10 nitrogen and oxygen atoms in total. The summed E-state index contributed by atoms with van der Waals surface area (Å²) in [5.74, 6) is -0.146. The fraction of sp³-hybridized carbons (Fsp3) is 0.304. The van der Waals surface area contributed by atoms with Crippen molar-refractivity contribution in [1.29, 1.82) is 0 Å². The summed E-state index contributed by atoms with van der Waals surface area (Å²) in [4.78, 5) is 21.9. The molecule has 1 aliphatic heterocycles. The number of methoxy groups -OCH3 is 1. The second-order valence-corrected chi connectivity index (χ2v) is 7.50. The molecule has 5 rings (SSSR count). The van der Waals surface area contributed by atoms with Gasteiger partial charge in [-0.15, -0.1) is 5.10 Å². The van der Waals surface area contributed by atoms with Gasteiger partial charge in [-0.2, -0.15) is 0 Å². The number of nitrogens with zero attached hydrogens (tertiary/aromatic N) is 5. The van der Waals surface area contributed by atoms with Crippen LogP contribution in [0.5, 0.6) is 5.88 Å². The molecule has 10 heteroatoms. The smallest absolute Gasteiger partial charge is 0.353 e. The summed E-state index contributed by atoms with van der Waals surface area (Å²) in [7, 11) is 1.39. The average Bonchev–Trinajstić information content (AvgIpc) is 3.54. The summed E-state index contributed by atoms with van der Waals surface area (Å²) in [5, 5.41) is 14.3. The maximum absolute atomic E-state index is 13.4. The van der Waals surface area contributed by atoms with Crippen molar-refractivity contribution < 1.29 is 21.4 Å². The van der Waals surface area contributed by atoms with Crippen LogP contribution in [0.3, 0.4) is 0 Å². The molecule has 0 aliphatic carbocycles. The minimum Gasteiger partial charge on any atom is -0.481 e. The molecule has 3 aromatic heterocycles. The highest BCUT2D eigenvalue weighted by molar-refractivity contribution is 5.91. The van der Waals surface area contributed by atoms with E-state index in [9.17, 15) is 9.90 Å². The van der Waals surface area contributed by atoms with E-state index in [1.54, 1.807) is 0 Å². The maximum atomic E-state index is 13.4. The number of ether oxygens (including phenoxy) is 2. The molecule has 0 spiro atoms. The van der Waals surface area contributed by atoms with Gasteiger partial charge in [-0.05, 0) is 24.5 Å². The number of fused-ring (bicyclic) bond motifs is 1. The highest BCUT2D eigenvalue weighted by Gasteiger charge is 2.24. The van der Waals surface area contributed by atoms with Gasteiger partial charge in [0.2, 0.25) is 11.8 Å². The van der Waals surface area contributed by atoms with Crippen molar-refractivity contribution in [2.75, 3.05) is 19.5 Å². The predicted molar refractivity (Wildman–Crippen MR) is 122 cm³/mol. The van der Waals surface area contributed by atoms with E-state index in [2.05, 4.69) is 15.1 Å². The molecule has 1 aromatic carbocycles. The van der Waals surface area contributed by atoms with Gasteiger partial charge in [0.15, 0.2) is 5.65 Å². The third-order valence-electron chi connectivity index (χ3n) is 5.41. The van der Waals surface area contributed by atoms with Gasteiger partial charge >= 0.3 is 5.69 Å². The van der Waals surface area contributed by atoms with Crippen molar-refractivity contribution in [2.45, 2.75) is 32.1 Å². The Labute approximate surface area is 196 Å². The summed E-state index contributed by atoms with van der Waals surface area (Å²) in [6.45, 7) is 0.320. The number of aliphatic hydroxyl groups is 1. The highest BCUT2D eigenvalue weighted by Crippen LogP contribution is 2.35. The predicted octanol–water partition coefficient (Wildman–Crippen LogP) is 1.88. The van der Waals surface area contributed by atoms with Crippen molar-refractivity contribution in [3.05, 3.63) is 58.5 Å². The van der Waals surface area contributed by atoms with E-state index in [1.165, 1.54) is 23.9 Å². The minimum absolute atomic E-state index is 0.0412.